The average molecular weight is 328 g/mol. The fraction of sp³-hybridized carbons (Fsp3) is 0.562. The van der Waals surface area contributed by atoms with Gasteiger partial charge in [-0.2, -0.15) is 11.8 Å². The molecule has 3 nitrogen and oxygen atoms in total. The topological polar surface area (TPSA) is 32.3 Å². The van der Waals surface area contributed by atoms with Gasteiger partial charge in [-0.3, -0.25) is 4.79 Å². The predicted octanol–water partition coefficient (Wildman–Crippen LogP) is 3.05. The Hall–Kier alpha value is -1.30. The molecule has 0 aromatic heterocycles. The van der Waals surface area contributed by atoms with Crippen LogP contribution in [-0.2, 0) is 4.79 Å². The van der Waals surface area contributed by atoms with Gasteiger partial charge in [0.25, 0.3) is 0 Å². The molecule has 122 valence electrons. The molecule has 1 N–H and O–H groups in total. The Labute approximate surface area is 134 Å². The maximum absolute atomic E-state index is 13.3. The number of benzene rings is 1. The minimum absolute atomic E-state index is 0.0738. The van der Waals surface area contributed by atoms with Crippen molar-refractivity contribution in [3.8, 4) is 0 Å². The van der Waals surface area contributed by atoms with E-state index in [9.17, 15) is 13.6 Å². The molecule has 1 fully saturated rings. The van der Waals surface area contributed by atoms with Crippen LogP contribution in [0.15, 0.2) is 18.2 Å². The van der Waals surface area contributed by atoms with E-state index in [0.29, 0.717) is 23.9 Å². The van der Waals surface area contributed by atoms with Crippen LogP contribution in [0.2, 0.25) is 0 Å². The molecule has 1 atom stereocenters. The molecular weight excluding hydrogens is 306 g/mol. The molecule has 1 aromatic carbocycles. The zero-order valence-electron chi connectivity index (χ0n) is 12.8. The number of nitrogens with one attached hydrogen (secondary N) is 1. The van der Waals surface area contributed by atoms with Gasteiger partial charge < -0.3 is 10.2 Å². The SMILES string of the molecule is CCCSCC(=O)NC[C@H]1CCN(c2ccc(F)c(F)c2)C1. The van der Waals surface area contributed by atoms with Crippen molar-refractivity contribution >= 4 is 23.4 Å². The maximum Gasteiger partial charge on any atom is 0.230 e. The highest BCUT2D eigenvalue weighted by Crippen LogP contribution is 2.24. The van der Waals surface area contributed by atoms with E-state index in [-0.39, 0.29) is 5.91 Å². The van der Waals surface area contributed by atoms with Gasteiger partial charge in [0.1, 0.15) is 0 Å². The van der Waals surface area contributed by atoms with Crippen LogP contribution in [0.1, 0.15) is 19.8 Å². The van der Waals surface area contributed by atoms with E-state index in [1.807, 2.05) is 4.90 Å². The zero-order chi connectivity index (χ0) is 15.9. The Balaban J connectivity index is 1.75. The average Bonchev–Trinajstić information content (AvgIpc) is 2.97. The summed E-state index contributed by atoms with van der Waals surface area (Å²) in [5.74, 6) is 0.297. The second-order valence-electron chi connectivity index (χ2n) is 5.56. The minimum atomic E-state index is -0.823. The summed E-state index contributed by atoms with van der Waals surface area (Å²) in [6, 6.07) is 3.99. The first-order chi connectivity index (χ1) is 10.6. The summed E-state index contributed by atoms with van der Waals surface area (Å²) >= 11 is 1.64. The molecule has 1 heterocycles. The van der Waals surface area contributed by atoms with E-state index in [4.69, 9.17) is 0 Å². The fourth-order valence-electron chi connectivity index (χ4n) is 2.53. The summed E-state index contributed by atoms with van der Waals surface area (Å²) in [5.41, 5.74) is 0.700. The molecule has 1 aliphatic rings. The van der Waals surface area contributed by atoms with E-state index in [0.717, 1.165) is 37.8 Å². The van der Waals surface area contributed by atoms with Gasteiger partial charge in [-0.25, -0.2) is 8.78 Å². The largest absolute Gasteiger partial charge is 0.371 e. The normalized spacial score (nSPS) is 17.8. The first kappa shape index (κ1) is 17.1. The molecule has 22 heavy (non-hydrogen) atoms. The molecule has 2 rings (SSSR count). The molecule has 0 spiro atoms. The quantitative estimate of drug-likeness (QED) is 0.781. The molecule has 1 aromatic rings. The van der Waals surface area contributed by atoms with Crippen molar-refractivity contribution < 1.29 is 13.6 Å². The van der Waals surface area contributed by atoms with Gasteiger partial charge in [0, 0.05) is 31.4 Å². The van der Waals surface area contributed by atoms with Crippen molar-refractivity contribution in [1.29, 1.82) is 0 Å². The predicted molar refractivity (Wildman–Crippen MR) is 87.3 cm³/mol. The maximum atomic E-state index is 13.3. The second-order valence-corrected chi connectivity index (χ2v) is 6.66. The number of carbonyl (C=O) groups is 1. The van der Waals surface area contributed by atoms with Gasteiger partial charge in [-0.1, -0.05) is 6.92 Å². The Morgan fingerprint density at radius 1 is 1.41 bits per heavy atom. The minimum Gasteiger partial charge on any atom is -0.371 e. The number of anilines is 1. The summed E-state index contributed by atoms with van der Waals surface area (Å²) in [4.78, 5) is 13.7. The lowest BCUT2D eigenvalue weighted by atomic mass is 10.1. The first-order valence-electron chi connectivity index (χ1n) is 7.64. The number of hydrogen-bond donors (Lipinski definition) is 1. The summed E-state index contributed by atoms with van der Waals surface area (Å²) in [6.07, 6.45) is 2.02. The number of thioether (sulfide) groups is 1. The molecule has 0 unspecified atom stereocenters. The van der Waals surface area contributed by atoms with Crippen molar-refractivity contribution in [3.63, 3.8) is 0 Å². The highest BCUT2D eigenvalue weighted by Gasteiger charge is 2.23. The monoisotopic (exact) mass is 328 g/mol. The standard InChI is InChI=1S/C16H22F2N2OS/c1-2-7-22-11-16(21)19-9-12-5-6-20(10-12)13-3-4-14(17)15(18)8-13/h3-4,8,12H,2,5-7,9-11H2,1H3,(H,19,21)/t12-/m1/s1. The van der Waals surface area contributed by atoms with Crippen LogP contribution in [-0.4, -0.2) is 37.0 Å². The Kier molecular flexibility index (Phi) is 6.49. The van der Waals surface area contributed by atoms with Crippen LogP contribution in [0, 0.1) is 17.6 Å². The van der Waals surface area contributed by atoms with Crippen LogP contribution in [0.5, 0.6) is 0 Å². The van der Waals surface area contributed by atoms with Crippen LogP contribution in [0.4, 0.5) is 14.5 Å². The van der Waals surface area contributed by atoms with Crippen molar-refractivity contribution in [3.05, 3.63) is 29.8 Å². The molecule has 0 radical (unpaired) electrons. The van der Waals surface area contributed by atoms with Crippen LogP contribution >= 0.6 is 11.8 Å². The van der Waals surface area contributed by atoms with Crippen LogP contribution in [0.3, 0.4) is 0 Å². The Bertz CT molecular complexity index is 513. The first-order valence-corrected chi connectivity index (χ1v) is 8.80. The van der Waals surface area contributed by atoms with Gasteiger partial charge in [0.2, 0.25) is 5.91 Å². The number of nitrogens with zero attached hydrogens (tertiary/aromatic N) is 1. The van der Waals surface area contributed by atoms with Crippen molar-refractivity contribution in [2.24, 2.45) is 5.92 Å². The van der Waals surface area contributed by atoms with E-state index >= 15 is 0 Å². The third kappa shape index (κ3) is 4.87. The van der Waals surface area contributed by atoms with Crippen molar-refractivity contribution in [1.82, 2.24) is 5.32 Å². The highest BCUT2D eigenvalue weighted by atomic mass is 32.2. The lowest BCUT2D eigenvalue weighted by Crippen LogP contribution is -2.32. The van der Waals surface area contributed by atoms with E-state index in [1.54, 1.807) is 17.8 Å². The fourth-order valence-corrected chi connectivity index (χ4v) is 3.25. The van der Waals surface area contributed by atoms with E-state index < -0.39 is 11.6 Å². The lowest BCUT2D eigenvalue weighted by Gasteiger charge is -2.19. The third-order valence-electron chi connectivity index (χ3n) is 3.72. The summed E-state index contributed by atoms with van der Waals surface area (Å²) in [7, 11) is 0. The van der Waals surface area contributed by atoms with Crippen LogP contribution < -0.4 is 10.2 Å². The molecule has 1 amide bonds. The van der Waals surface area contributed by atoms with Crippen LogP contribution in [0.25, 0.3) is 0 Å². The van der Waals surface area contributed by atoms with E-state index in [1.165, 1.54) is 6.07 Å². The zero-order valence-corrected chi connectivity index (χ0v) is 13.6. The summed E-state index contributed by atoms with van der Waals surface area (Å²) in [5, 5.41) is 2.96. The summed E-state index contributed by atoms with van der Waals surface area (Å²) < 4.78 is 26.2. The van der Waals surface area contributed by atoms with Crippen molar-refractivity contribution in [2.45, 2.75) is 19.8 Å². The van der Waals surface area contributed by atoms with Gasteiger partial charge in [0.15, 0.2) is 11.6 Å². The molecular formula is C16H22F2N2OS. The Morgan fingerprint density at radius 3 is 2.95 bits per heavy atom. The number of rotatable bonds is 7. The number of halogens is 2. The molecule has 1 saturated heterocycles. The molecule has 1 aliphatic heterocycles. The van der Waals surface area contributed by atoms with Gasteiger partial charge in [-0.15, -0.1) is 0 Å². The van der Waals surface area contributed by atoms with Gasteiger partial charge >= 0.3 is 0 Å². The summed E-state index contributed by atoms with van der Waals surface area (Å²) in [6.45, 7) is 4.30. The number of hydrogen-bond acceptors (Lipinski definition) is 3. The van der Waals surface area contributed by atoms with Crippen molar-refractivity contribution in [2.75, 3.05) is 36.0 Å². The molecule has 0 aliphatic carbocycles. The second kappa shape index (κ2) is 8.36. The third-order valence-corrected chi connectivity index (χ3v) is 4.89. The highest BCUT2D eigenvalue weighted by molar-refractivity contribution is 7.99. The molecule has 6 heteroatoms. The smallest absolute Gasteiger partial charge is 0.230 e. The van der Waals surface area contributed by atoms with Gasteiger partial charge in [-0.05, 0) is 36.6 Å². The van der Waals surface area contributed by atoms with E-state index in [2.05, 4.69) is 12.2 Å². The van der Waals surface area contributed by atoms with Gasteiger partial charge in [0.05, 0.1) is 5.75 Å². The lowest BCUT2D eigenvalue weighted by molar-refractivity contribution is -0.118. The number of carbonyl (C=O) groups excluding carboxylic acids is 1. The number of amides is 1. The molecule has 0 saturated carbocycles. The Morgan fingerprint density at radius 2 is 2.23 bits per heavy atom. The molecule has 0 bridgehead atoms.